The number of hydrogen-bond donors (Lipinski definition) is 2. The highest BCUT2D eigenvalue weighted by Crippen LogP contribution is 2.66. The zero-order chi connectivity index (χ0) is 39.4. The number of rotatable bonds is 10. The number of ether oxygens (including phenoxy) is 6. The molecule has 2 aliphatic heterocycles. The molecule has 0 aromatic heterocycles. The van der Waals surface area contributed by atoms with Gasteiger partial charge in [-0.3, -0.25) is 4.79 Å². The van der Waals surface area contributed by atoms with Crippen molar-refractivity contribution >= 4 is 17.9 Å². The average molecular weight is 741 g/mol. The van der Waals surface area contributed by atoms with Gasteiger partial charge in [-0.15, -0.1) is 0 Å². The number of benzene rings is 1. The van der Waals surface area contributed by atoms with Gasteiger partial charge < -0.3 is 38.6 Å². The predicted octanol–water partition coefficient (Wildman–Crippen LogP) is 5.95. The van der Waals surface area contributed by atoms with Gasteiger partial charge in [0.1, 0.15) is 23.9 Å². The second-order valence-electron chi connectivity index (χ2n) is 17.2. The van der Waals surface area contributed by atoms with Crippen LogP contribution in [-0.4, -0.2) is 88.8 Å². The first-order chi connectivity index (χ1) is 24.6. The van der Waals surface area contributed by atoms with Gasteiger partial charge in [0.15, 0.2) is 18.0 Å². The second kappa shape index (κ2) is 14.9. The number of aliphatic hydroxyl groups is 2. The lowest BCUT2D eigenvalue weighted by Gasteiger charge is -2.70. The fraction of sp³-hybridized carbons (Fsp3) is 0.690. The van der Waals surface area contributed by atoms with Crippen molar-refractivity contribution in [3.63, 3.8) is 0 Å². The van der Waals surface area contributed by atoms with Crippen LogP contribution in [-0.2, 0) is 38.0 Å². The number of carbonyl (C=O) groups is 3. The molecule has 2 saturated carbocycles. The topological polar surface area (TPSA) is 147 Å². The highest BCUT2D eigenvalue weighted by atomic mass is 16.7. The normalized spacial score (nSPS) is 38.6. The lowest BCUT2D eigenvalue weighted by molar-refractivity contribution is -0.401. The molecule has 4 fully saturated rings. The zero-order valence-electron chi connectivity index (χ0n) is 33.2. The molecule has 53 heavy (non-hydrogen) atoms. The van der Waals surface area contributed by atoms with Crippen LogP contribution < -0.4 is 0 Å². The molecule has 5 rings (SSSR count). The maximum Gasteiger partial charge on any atom is 0.338 e. The highest BCUT2D eigenvalue weighted by molar-refractivity contribution is 5.89. The molecule has 0 radical (unpaired) electrons. The third-order valence-corrected chi connectivity index (χ3v) is 13.0. The van der Waals surface area contributed by atoms with Gasteiger partial charge in [0, 0.05) is 30.1 Å². The van der Waals surface area contributed by atoms with Gasteiger partial charge in [-0.05, 0) is 62.8 Å². The van der Waals surface area contributed by atoms with E-state index in [1.165, 1.54) is 6.92 Å². The van der Waals surface area contributed by atoms with Gasteiger partial charge in [-0.25, -0.2) is 9.59 Å². The first-order valence-electron chi connectivity index (χ1n) is 19.0. The van der Waals surface area contributed by atoms with E-state index in [1.54, 1.807) is 50.3 Å². The van der Waals surface area contributed by atoms with Crippen LogP contribution in [0.25, 0.3) is 0 Å². The predicted molar refractivity (Wildman–Crippen MR) is 196 cm³/mol. The van der Waals surface area contributed by atoms with Crippen LogP contribution in [0.2, 0.25) is 0 Å². The first kappa shape index (κ1) is 41.1. The Balaban J connectivity index is 1.72. The Morgan fingerprint density at radius 1 is 1.02 bits per heavy atom. The summed E-state index contributed by atoms with van der Waals surface area (Å²) in [4.78, 5) is 40.4. The lowest BCUT2D eigenvalue weighted by Crippen LogP contribution is -2.82. The van der Waals surface area contributed by atoms with Gasteiger partial charge in [0.05, 0.1) is 30.3 Å². The number of esters is 3. The number of aliphatic hydroxyl groups excluding tert-OH is 1. The molecule has 0 amide bonds. The molecule has 11 nitrogen and oxygen atoms in total. The van der Waals surface area contributed by atoms with Crippen LogP contribution in [0.3, 0.4) is 0 Å². The third-order valence-electron chi connectivity index (χ3n) is 13.0. The maximum atomic E-state index is 14.1. The molecule has 13 atom stereocenters. The summed E-state index contributed by atoms with van der Waals surface area (Å²) in [5.41, 5.74) is -3.70. The average Bonchev–Trinajstić information content (AvgIpc) is 3.07. The molecule has 1 aromatic rings. The summed E-state index contributed by atoms with van der Waals surface area (Å²) in [7, 11) is 0. The lowest BCUT2D eigenvalue weighted by atomic mass is 9.45. The Hall–Kier alpha value is -3.09. The number of carbonyl (C=O) groups excluding carboxylic acids is 3. The molecular weight excluding hydrogens is 680 g/mol. The maximum absolute atomic E-state index is 14.1. The summed E-state index contributed by atoms with van der Waals surface area (Å²) >= 11 is 0. The van der Waals surface area contributed by atoms with Crippen LogP contribution in [0, 0.1) is 34.5 Å². The Morgan fingerprint density at radius 2 is 1.66 bits per heavy atom. The molecule has 294 valence electrons. The van der Waals surface area contributed by atoms with E-state index in [0.29, 0.717) is 18.4 Å². The van der Waals surface area contributed by atoms with E-state index in [1.807, 2.05) is 55.4 Å². The molecule has 2 aliphatic carbocycles. The van der Waals surface area contributed by atoms with Crippen LogP contribution >= 0.6 is 0 Å². The van der Waals surface area contributed by atoms with Crippen LogP contribution in [0.5, 0.6) is 0 Å². The molecule has 1 aromatic carbocycles. The second-order valence-corrected chi connectivity index (χ2v) is 17.2. The Bertz CT molecular complexity index is 1580. The van der Waals surface area contributed by atoms with E-state index in [2.05, 4.69) is 6.58 Å². The molecule has 2 heterocycles. The van der Waals surface area contributed by atoms with E-state index < -0.39 is 94.7 Å². The van der Waals surface area contributed by atoms with Crippen molar-refractivity contribution in [2.45, 2.75) is 143 Å². The summed E-state index contributed by atoms with van der Waals surface area (Å²) in [5, 5.41) is 24.2. The quantitative estimate of drug-likeness (QED) is 0.167. The van der Waals surface area contributed by atoms with Crippen LogP contribution in [0.15, 0.2) is 54.1 Å². The summed E-state index contributed by atoms with van der Waals surface area (Å²) in [6.07, 6.45) is -3.47. The standard InChI is InChI=1S/C42H60O11/c1-13-31-50-29-20-30-42(21-48-30,53-27(8)43)34-36(52-37(45)28-17-15-14-16-18-28)41(12,47)39(9,10)32(25(6)35(51-31)40(29,34)11)24(5)26(7)49-38(46)33(44)23(4)19-22(2)3/h13-18,22-23,25-26,29-31,33-36,44,47H,1,19-21H2,2-12H3/b32-24-/t23-,25-,26-,29-,30+,31?,33?,34-,35-,36-,40+,41+,42-/m0/s1. The summed E-state index contributed by atoms with van der Waals surface area (Å²) in [6.45, 7) is 24.2. The SMILES string of the molecule is C=CC1O[C@H]2C[C@H]3OC[C@@]3(OC(C)=O)[C@H]3[C@H](OC(=O)c4ccccc4)[C@@](C)(O)C(C)(C)/C(=C(/C)[C@H](C)OC(=O)C(O)[C@@H](C)CC(C)C)[C@H](C)[C@H](O1)[C@]23C. The van der Waals surface area contributed by atoms with Gasteiger partial charge in [-0.2, -0.15) is 0 Å². The van der Waals surface area contributed by atoms with Crippen molar-refractivity contribution in [2.75, 3.05) is 6.61 Å². The van der Waals surface area contributed by atoms with Crippen LogP contribution in [0.4, 0.5) is 0 Å². The molecule has 11 heteroatoms. The fourth-order valence-corrected chi connectivity index (χ4v) is 10.0. The molecular formula is C42H60O11. The van der Waals surface area contributed by atoms with Gasteiger partial charge >= 0.3 is 17.9 Å². The van der Waals surface area contributed by atoms with E-state index in [4.69, 9.17) is 28.4 Å². The Labute approximate surface area is 314 Å². The summed E-state index contributed by atoms with van der Waals surface area (Å²) in [5.74, 6) is -3.27. The Kier molecular flexibility index (Phi) is 11.5. The third kappa shape index (κ3) is 6.90. The van der Waals surface area contributed by atoms with E-state index in [-0.39, 0.29) is 24.0 Å². The number of fused-ring (bicyclic) bond motifs is 2. The summed E-state index contributed by atoms with van der Waals surface area (Å²) < 4.78 is 38.3. The van der Waals surface area contributed by atoms with E-state index in [0.717, 1.165) is 5.57 Å². The minimum absolute atomic E-state index is 0.0262. The van der Waals surface area contributed by atoms with Crippen molar-refractivity contribution in [1.82, 2.24) is 0 Å². The van der Waals surface area contributed by atoms with Crippen molar-refractivity contribution in [2.24, 2.45) is 34.5 Å². The van der Waals surface area contributed by atoms with Gasteiger partial charge in [-0.1, -0.05) is 78.8 Å². The van der Waals surface area contributed by atoms with Crippen molar-refractivity contribution < 1.29 is 53.0 Å². The van der Waals surface area contributed by atoms with Crippen molar-refractivity contribution in [1.29, 1.82) is 0 Å². The van der Waals surface area contributed by atoms with Gasteiger partial charge in [0.25, 0.3) is 0 Å². The minimum atomic E-state index is -1.85. The number of hydrogen-bond acceptors (Lipinski definition) is 11. The zero-order valence-corrected chi connectivity index (χ0v) is 33.2. The fourth-order valence-electron chi connectivity index (χ4n) is 10.0. The smallest absolute Gasteiger partial charge is 0.338 e. The molecule has 2 unspecified atom stereocenters. The molecule has 2 N–H and O–H groups in total. The molecule has 0 bridgehead atoms. The highest BCUT2D eigenvalue weighted by Gasteiger charge is 2.77. The summed E-state index contributed by atoms with van der Waals surface area (Å²) in [6, 6.07) is 8.54. The molecule has 0 spiro atoms. The first-order valence-corrected chi connectivity index (χ1v) is 19.0. The van der Waals surface area contributed by atoms with Crippen molar-refractivity contribution in [3.8, 4) is 0 Å². The van der Waals surface area contributed by atoms with Crippen LogP contribution in [0.1, 0.15) is 99.4 Å². The Morgan fingerprint density at radius 3 is 2.21 bits per heavy atom. The van der Waals surface area contributed by atoms with E-state index in [9.17, 15) is 24.6 Å². The largest absolute Gasteiger partial charge is 0.456 e. The minimum Gasteiger partial charge on any atom is -0.456 e. The van der Waals surface area contributed by atoms with Crippen molar-refractivity contribution in [3.05, 3.63) is 59.7 Å². The molecule has 4 aliphatic rings. The monoisotopic (exact) mass is 740 g/mol. The van der Waals surface area contributed by atoms with E-state index >= 15 is 0 Å². The molecule has 2 saturated heterocycles. The van der Waals surface area contributed by atoms with Gasteiger partial charge in [0.2, 0.25) is 0 Å².